The van der Waals surface area contributed by atoms with Gasteiger partial charge < -0.3 is 14.8 Å². The lowest BCUT2D eigenvalue weighted by Gasteiger charge is -2.25. The summed E-state index contributed by atoms with van der Waals surface area (Å²) < 4.78 is 5.21. The first-order valence-corrected chi connectivity index (χ1v) is 9.56. The lowest BCUT2D eigenvalue weighted by molar-refractivity contribution is -0.149. The molecule has 1 aromatic carbocycles. The lowest BCUT2D eigenvalue weighted by Crippen LogP contribution is -2.42. The molecule has 2 N–H and O–H groups in total. The van der Waals surface area contributed by atoms with Crippen LogP contribution in [0.25, 0.3) is 0 Å². The molecule has 7 nitrogen and oxygen atoms in total. The molecule has 28 heavy (non-hydrogen) atoms. The minimum Gasteiger partial charge on any atom is -0.481 e. The van der Waals surface area contributed by atoms with Gasteiger partial charge >= 0.3 is 5.97 Å². The summed E-state index contributed by atoms with van der Waals surface area (Å²) in [5, 5.41) is 12.8. The van der Waals surface area contributed by atoms with Crippen molar-refractivity contribution in [1.29, 1.82) is 0 Å². The first-order chi connectivity index (χ1) is 13.5. The van der Waals surface area contributed by atoms with E-state index in [2.05, 4.69) is 22.3 Å². The highest BCUT2D eigenvalue weighted by Gasteiger charge is 2.57. The number of rotatable bonds is 7. The van der Waals surface area contributed by atoms with Gasteiger partial charge in [0.1, 0.15) is 5.76 Å². The summed E-state index contributed by atoms with van der Waals surface area (Å²) in [6.45, 7) is 3.62. The molecule has 2 atom stereocenters. The number of nitrogens with one attached hydrogen (secondary N) is 1. The minimum atomic E-state index is -0.796. The number of benzene rings is 1. The summed E-state index contributed by atoms with van der Waals surface area (Å²) in [5.74, 6) is -0.138. The van der Waals surface area contributed by atoms with Crippen molar-refractivity contribution >= 4 is 11.9 Å². The summed E-state index contributed by atoms with van der Waals surface area (Å²) >= 11 is 0. The molecule has 3 heterocycles. The molecular weight excluding hydrogens is 358 g/mol. The fourth-order valence-corrected chi connectivity index (χ4v) is 4.52. The molecule has 0 radical (unpaired) electrons. The Kier molecular flexibility index (Phi) is 5.19. The number of amides is 1. The van der Waals surface area contributed by atoms with Crippen LogP contribution in [0.1, 0.15) is 11.3 Å². The molecule has 0 bridgehead atoms. The Labute approximate surface area is 163 Å². The maximum atomic E-state index is 12.2. The molecule has 0 aliphatic carbocycles. The van der Waals surface area contributed by atoms with Crippen LogP contribution in [0.5, 0.6) is 0 Å². The van der Waals surface area contributed by atoms with Crippen LogP contribution in [0.2, 0.25) is 0 Å². The maximum Gasteiger partial charge on any atom is 0.312 e. The Morgan fingerprint density at radius 1 is 1.11 bits per heavy atom. The summed E-state index contributed by atoms with van der Waals surface area (Å²) in [5.41, 5.74) is 0.396. The fourth-order valence-electron chi connectivity index (χ4n) is 4.52. The van der Waals surface area contributed by atoms with Gasteiger partial charge in [-0.3, -0.25) is 19.4 Å². The highest BCUT2D eigenvalue weighted by Crippen LogP contribution is 2.43. The molecule has 0 unspecified atom stereocenters. The molecule has 2 fully saturated rings. The van der Waals surface area contributed by atoms with Crippen molar-refractivity contribution in [2.24, 2.45) is 11.3 Å². The second-order valence-corrected chi connectivity index (χ2v) is 7.84. The number of hydrogen-bond donors (Lipinski definition) is 2. The van der Waals surface area contributed by atoms with Crippen LogP contribution < -0.4 is 5.32 Å². The topological polar surface area (TPSA) is 86.0 Å². The van der Waals surface area contributed by atoms with Gasteiger partial charge in [-0.2, -0.15) is 0 Å². The van der Waals surface area contributed by atoms with Crippen molar-refractivity contribution in [2.75, 3.05) is 32.7 Å². The van der Waals surface area contributed by atoms with Gasteiger partial charge in [0.25, 0.3) is 0 Å². The van der Waals surface area contributed by atoms with E-state index in [9.17, 15) is 14.7 Å². The summed E-state index contributed by atoms with van der Waals surface area (Å²) in [4.78, 5) is 28.6. The number of likely N-dealkylation sites (tertiary alicyclic amines) is 2. The van der Waals surface area contributed by atoms with E-state index in [0.29, 0.717) is 31.9 Å². The van der Waals surface area contributed by atoms with E-state index in [1.807, 2.05) is 23.1 Å². The van der Waals surface area contributed by atoms with Crippen LogP contribution in [0, 0.1) is 11.3 Å². The van der Waals surface area contributed by atoms with Crippen LogP contribution in [0.15, 0.2) is 53.1 Å². The number of carbonyl (C=O) groups is 2. The normalized spacial score (nSPS) is 24.9. The van der Waals surface area contributed by atoms with E-state index >= 15 is 0 Å². The molecule has 1 aromatic heterocycles. The molecule has 2 saturated heterocycles. The van der Waals surface area contributed by atoms with Gasteiger partial charge in [0.05, 0.1) is 24.8 Å². The van der Waals surface area contributed by atoms with Gasteiger partial charge in [-0.15, -0.1) is 0 Å². The molecule has 2 aromatic rings. The number of carboxylic acid groups (broad SMARTS) is 1. The van der Waals surface area contributed by atoms with E-state index in [0.717, 1.165) is 13.1 Å². The molecule has 0 saturated carbocycles. The van der Waals surface area contributed by atoms with Gasteiger partial charge in [-0.1, -0.05) is 30.3 Å². The average Bonchev–Trinajstić information content (AvgIpc) is 3.36. The quantitative estimate of drug-likeness (QED) is 0.752. The predicted octanol–water partition coefficient (Wildman–Crippen LogP) is 1.41. The molecule has 2 aliphatic rings. The fraction of sp³-hybridized carbons (Fsp3) is 0.429. The van der Waals surface area contributed by atoms with Crippen LogP contribution in [-0.4, -0.2) is 59.5 Å². The van der Waals surface area contributed by atoms with Crippen LogP contribution >= 0.6 is 0 Å². The molecule has 7 heteroatoms. The molecule has 148 valence electrons. The molecule has 4 rings (SSSR count). The van der Waals surface area contributed by atoms with Crippen molar-refractivity contribution in [3.8, 4) is 0 Å². The zero-order valence-corrected chi connectivity index (χ0v) is 15.7. The molecule has 2 aliphatic heterocycles. The first-order valence-electron chi connectivity index (χ1n) is 9.56. The van der Waals surface area contributed by atoms with Gasteiger partial charge in [-0.05, 0) is 17.7 Å². The van der Waals surface area contributed by atoms with Crippen LogP contribution in [0.3, 0.4) is 0 Å². The van der Waals surface area contributed by atoms with Gasteiger partial charge in [0.2, 0.25) is 5.91 Å². The monoisotopic (exact) mass is 383 g/mol. The summed E-state index contributed by atoms with van der Waals surface area (Å²) in [6.07, 6.45) is 1.57. The first kappa shape index (κ1) is 18.7. The van der Waals surface area contributed by atoms with Gasteiger partial charge in [0.15, 0.2) is 0 Å². The number of hydrogen-bond acceptors (Lipinski definition) is 5. The van der Waals surface area contributed by atoms with Crippen LogP contribution in [-0.2, 0) is 22.7 Å². The van der Waals surface area contributed by atoms with Crippen molar-refractivity contribution in [1.82, 2.24) is 15.1 Å². The van der Waals surface area contributed by atoms with Crippen LogP contribution in [0.4, 0.5) is 0 Å². The smallest absolute Gasteiger partial charge is 0.312 e. The Morgan fingerprint density at radius 3 is 2.54 bits per heavy atom. The highest BCUT2D eigenvalue weighted by molar-refractivity contribution is 5.79. The second kappa shape index (κ2) is 7.77. The largest absolute Gasteiger partial charge is 0.481 e. The highest BCUT2D eigenvalue weighted by atomic mass is 16.4. The standard InChI is InChI=1S/C21H25N3O4/c25-19(22-9-18-7-4-8-28-18)13-24-12-17-11-23(10-16-5-2-1-3-6-16)14-21(17,15-24)20(26)27/h1-8,17H,9-15H2,(H,22,25)(H,26,27)/t17-,21-/m1/s1. The number of nitrogens with zero attached hydrogens (tertiary/aromatic N) is 2. The summed E-state index contributed by atoms with van der Waals surface area (Å²) in [7, 11) is 0. The number of furan rings is 1. The Morgan fingerprint density at radius 2 is 1.86 bits per heavy atom. The third kappa shape index (κ3) is 3.81. The van der Waals surface area contributed by atoms with Gasteiger partial charge in [-0.25, -0.2) is 0 Å². The second-order valence-electron chi connectivity index (χ2n) is 7.84. The zero-order chi connectivity index (χ0) is 19.6. The number of carbonyl (C=O) groups excluding carboxylic acids is 1. The number of carboxylic acids is 1. The predicted molar refractivity (Wildman–Crippen MR) is 102 cm³/mol. The lowest BCUT2D eigenvalue weighted by atomic mass is 9.81. The third-order valence-corrected chi connectivity index (χ3v) is 5.83. The third-order valence-electron chi connectivity index (χ3n) is 5.83. The van der Waals surface area contributed by atoms with Crippen molar-refractivity contribution < 1.29 is 19.1 Å². The molecular formula is C21H25N3O4. The molecule has 1 amide bonds. The Hall–Kier alpha value is -2.64. The summed E-state index contributed by atoms with van der Waals surface area (Å²) in [6, 6.07) is 13.7. The minimum absolute atomic E-state index is 0.0339. The number of fused-ring (bicyclic) bond motifs is 1. The van der Waals surface area contributed by atoms with Gasteiger partial charge in [0, 0.05) is 38.6 Å². The van der Waals surface area contributed by atoms with E-state index in [-0.39, 0.29) is 18.4 Å². The zero-order valence-electron chi connectivity index (χ0n) is 15.7. The Bertz CT molecular complexity index is 823. The Balaban J connectivity index is 1.34. The van der Waals surface area contributed by atoms with Crippen molar-refractivity contribution in [2.45, 2.75) is 13.1 Å². The van der Waals surface area contributed by atoms with E-state index in [1.165, 1.54) is 5.56 Å². The van der Waals surface area contributed by atoms with E-state index in [4.69, 9.17) is 4.42 Å². The maximum absolute atomic E-state index is 12.2. The average molecular weight is 383 g/mol. The van der Waals surface area contributed by atoms with Crippen molar-refractivity contribution in [3.63, 3.8) is 0 Å². The SMILES string of the molecule is O=C(CN1C[C@H]2CN(Cc3ccccc3)C[C@@]2(C(=O)O)C1)NCc1ccco1. The number of aliphatic carboxylic acids is 1. The molecule has 0 spiro atoms. The van der Waals surface area contributed by atoms with Crippen molar-refractivity contribution in [3.05, 3.63) is 60.1 Å². The van der Waals surface area contributed by atoms with E-state index < -0.39 is 11.4 Å². The van der Waals surface area contributed by atoms with E-state index in [1.54, 1.807) is 18.4 Å².